The average Bonchev–Trinajstić information content (AvgIpc) is 3.28. The second-order valence-electron chi connectivity index (χ2n) is 9.82. The summed E-state index contributed by atoms with van der Waals surface area (Å²) in [4.78, 5) is 22.3. The first-order chi connectivity index (χ1) is 16.7. The van der Waals surface area contributed by atoms with E-state index in [-0.39, 0.29) is 10.8 Å². The van der Waals surface area contributed by atoms with Crippen LogP contribution in [0, 0.1) is 19.8 Å². The van der Waals surface area contributed by atoms with E-state index in [0.29, 0.717) is 37.7 Å². The minimum atomic E-state index is -3.51. The van der Waals surface area contributed by atoms with Gasteiger partial charge in [0.05, 0.1) is 15.1 Å². The van der Waals surface area contributed by atoms with Gasteiger partial charge in [0.15, 0.2) is 5.13 Å². The molecule has 186 valence electrons. The lowest BCUT2D eigenvalue weighted by atomic mass is 10.0. The zero-order valence-corrected chi connectivity index (χ0v) is 22.2. The van der Waals surface area contributed by atoms with E-state index >= 15 is 0 Å². The number of amides is 1. The molecule has 35 heavy (non-hydrogen) atoms. The lowest BCUT2D eigenvalue weighted by Crippen LogP contribution is -2.48. The van der Waals surface area contributed by atoms with Crippen LogP contribution in [0.15, 0.2) is 41.3 Å². The van der Waals surface area contributed by atoms with Crippen molar-refractivity contribution in [2.24, 2.45) is 5.92 Å². The molecule has 7 nitrogen and oxygen atoms in total. The van der Waals surface area contributed by atoms with Crippen LogP contribution >= 0.6 is 11.3 Å². The van der Waals surface area contributed by atoms with Gasteiger partial charge in [0, 0.05) is 44.8 Å². The van der Waals surface area contributed by atoms with Crippen molar-refractivity contribution in [1.29, 1.82) is 0 Å². The highest BCUT2D eigenvalue weighted by Gasteiger charge is 2.29. The smallest absolute Gasteiger partial charge is 0.253 e. The molecule has 0 spiro atoms. The normalized spacial score (nSPS) is 18.4. The summed E-state index contributed by atoms with van der Waals surface area (Å²) in [5.74, 6) is 0.501. The molecule has 0 radical (unpaired) electrons. The Bertz CT molecular complexity index is 1330. The van der Waals surface area contributed by atoms with Gasteiger partial charge >= 0.3 is 0 Å². The van der Waals surface area contributed by atoms with Gasteiger partial charge in [-0.25, -0.2) is 13.4 Å². The largest absolute Gasteiger partial charge is 0.345 e. The maximum absolute atomic E-state index is 13.1. The number of piperidine rings is 1. The lowest BCUT2D eigenvalue weighted by Gasteiger charge is -2.34. The summed E-state index contributed by atoms with van der Waals surface area (Å²) < 4.78 is 28.7. The molecule has 2 aliphatic heterocycles. The first-order valence-electron chi connectivity index (χ1n) is 12.2. The highest BCUT2D eigenvalue weighted by Crippen LogP contribution is 2.32. The monoisotopic (exact) mass is 512 g/mol. The Morgan fingerprint density at radius 2 is 1.63 bits per heavy atom. The summed E-state index contributed by atoms with van der Waals surface area (Å²) in [7, 11) is -3.51. The van der Waals surface area contributed by atoms with Crippen LogP contribution in [0.4, 0.5) is 5.13 Å². The second-order valence-corrected chi connectivity index (χ2v) is 12.8. The Labute approximate surface area is 211 Å². The van der Waals surface area contributed by atoms with E-state index in [2.05, 4.69) is 37.8 Å². The molecule has 1 aromatic heterocycles. The molecular weight excluding hydrogens is 480 g/mol. The number of thiazole rings is 1. The summed E-state index contributed by atoms with van der Waals surface area (Å²) in [6.45, 7) is 10.1. The number of hydrogen-bond acceptors (Lipinski definition) is 6. The molecule has 5 rings (SSSR count). The molecule has 0 saturated carbocycles. The molecule has 2 saturated heterocycles. The zero-order valence-electron chi connectivity index (χ0n) is 20.5. The van der Waals surface area contributed by atoms with Gasteiger partial charge in [-0.05, 0) is 74.1 Å². The molecule has 0 bridgehead atoms. The van der Waals surface area contributed by atoms with Crippen molar-refractivity contribution in [2.45, 2.75) is 38.5 Å². The fraction of sp³-hybridized carbons (Fsp3) is 0.462. The van der Waals surface area contributed by atoms with Crippen molar-refractivity contribution < 1.29 is 13.2 Å². The van der Waals surface area contributed by atoms with Gasteiger partial charge < -0.3 is 9.80 Å². The van der Waals surface area contributed by atoms with Crippen LogP contribution in [0.1, 0.15) is 41.3 Å². The first-order valence-corrected chi connectivity index (χ1v) is 14.5. The molecule has 1 amide bonds. The van der Waals surface area contributed by atoms with Crippen molar-refractivity contribution in [3.8, 4) is 0 Å². The van der Waals surface area contributed by atoms with Crippen molar-refractivity contribution in [1.82, 2.24) is 14.2 Å². The molecule has 2 aliphatic rings. The number of carbonyl (C=O) groups is 1. The van der Waals surface area contributed by atoms with Crippen molar-refractivity contribution >= 4 is 42.6 Å². The van der Waals surface area contributed by atoms with E-state index in [1.54, 1.807) is 39.9 Å². The number of carbonyl (C=O) groups excluding carboxylic acids is 1. The average molecular weight is 513 g/mol. The number of sulfonamides is 1. The van der Waals surface area contributed by atoms with Gasteiger partial charge in [-0.1, -0.05) is 24.3 Å². The fourth-order valence-corrected chi connectivity index (χ4v) is 7.58. The van der Waals surface area contributed by atoms with Crippen molar-refractivity contribution in [3.63, 3.8) is 0 Å². The van der Waals surface area contributed by atoms with Gasteiger partial charge in [0.1, 0.15) is 0 Å². The van der Waals surface area contributed by atoms with Gasteiger partial charge in [0.25, 0.3) is 5.91 Å². The van der Waals surface area contributed by atoms with Crippen LogP contribution < -0.4 is 4.90 Å². The Hall–Kier alpha value is -2.49. The number of nitrogens with zero attached hydrogens (tertiary/aromatic N) is 4. The lowest BCUT2D eigenvalue weighted by molar-refractivity contribution is 0.0746. The van der Waals surface area contributed by atoms with E-state index in [4.69, 9.17) is 4.98 Å². The maximum Gasteiger partial charge on any atom is 0.253 e. The Morgan fingerprint density at radius 3 is 2.29 bits per heavy atom. The number of fused-ring (bicyclic) bond motifs is 1. The molecule has 2 fully saturated rings. The van der Waals surface area contributed by atoms with Gasteiger partial charge in [-0.15, -0.1) is 0 Å². The third kappa shape index (κ3) is 4.81. The number of rotatable bonds is 4. The van der Waals surface area contributed by atoms with Crippen LogP contribution in [0.25, 0.3) is 10.2 Å². The summed E-state index contributed by atoms with van der Waals surface area (Å²) in [6.07, 6.45) is 1.77. The minimum Gasteiger partial charge on any atom is -0.345 e. The molecule has 3 aromatic rings. The zero-order chi connectivity index (χ0) is 24.7. The second kappa shape index (κ2) is 9.52. The number of anilines is 1. The van der Waals surface area contributed by atoms with Gasteiger partial charge in [0.2, 0.25) is 10.0 Å². The number of hydrogen-bond donors (Lipinski definition) is 0. The molecule has 0 unspecified atom stereocenters. The predicted molar refractivity (Wildman–Crippen MR) is 141 cm³/mol. The highest BCUT2D eigenvalue weighted by atomic mass is 32.2. The predicted octanol–water partition coefficient (Wildman–Crippen LogP) is 4.30. The third-order valence-electron chi connectivity index (χ3n) is 7.14. The summed E-state index contributed by atoms with van der Waals surface area (Å²) in [6, 6.07) is 10.8. The van der Waals surface area contributed by atoms with Crippen LogP contribution in [-0.2, 0) is 10.0 Å². The topological polar surface area (TPSA) is 73.8 Å². The first kappa shape index (κ1) is 24.2. The van der Waals surface area contributed by atoms with Gasteiger partial charge in [-0.3, -0.25) is 4.79 Å². The molecule has 3 heterocycles. The number of aromatic nitrogens is 1. The van der Waals surface area contributed by atoms with E-state index < -0.39 is 10.0 Å². The third-order valence-corrected chi connectivity index (χ3v) is 10.1. The molecule has 0 N–H and O–H groups in total. The Morgan fingerprint density at radius 1 is 0.971 bits per heavy atom. The van der Waals surface area contributed by atoms with E-state index in [1.807, 2.05) is 4.90 Å². The van der Waals surface area contributed by atoms with Gasteiger partial charge in [-0.2, -0.15) is 4.31 Å². The number of aryl methyl sites for hydroxylation is 2. The van der Waals surface area contributed by atoms with Crippen LogP contribution in [0.2, 0.25) is 0 Å². The minimum absolute atomic E-state index is 0.0591. The standard InChI is InChI=1S/C26H32N4O3S2/c1-18-8-10-30(11-9-18)35(32,33)22-6-4-21(5-7-22)25(31)28-12-14-29(15-13-28)26-27-24-20(3)16-19(2)17-23(24)34-26/h4-7,16-18H,8-15H2,1-3H3. The quantitative estimate of drug-likeness (QED) is 0.521. The maximum atomic E-state index is 13.1. The van der Waals surface area contributed by atoms with E-state index in [0.717, 1.165) is 36.6 Å². The summed E-state index contributed by atoms with van der Waals surface area (Å²) >= 11 is 1.70. The van der Waals surface area contributed by atoms with E-state index in [1.165, 1.54) is 15.8 Å². The summed E-state index contributed by atoms with van der Waals surface area (Å²) in [5.41, 5.74) is 4.01. The van der Waals surface area contributed by atoms with Crippen molar-refractivity contribution in [3.05, 3.63) is 53.1 Å². The van der Waals surface area contributed by atoms with Crippen LogP contribution in [0.3, 0.4) is 0 Å². The fourth-order valence-electron chi connectivity index (χ4n) is 4.92. The number of benzene rings is 2. The van der Waals surface area contributed by atoms with Crippen molar-refractivity contribution in [2.75, 3.05) is 44.2 Å². The SMILES string of the molecule is Cc1cc(C)c2nc(N3CCN(C(=O)c4ccc(S(=O)(=O)N5CCC(C)CC5)cc4)CC3)sc2c1. The van der Waals surface area contributed by atoms with Crippen LogP contribution in [-0.4, -0.2) is 67.8 Å². The van der Waals surface area contributed by atoms with Crippen LogP contribution in [0.5, 0.6) is 0 Å². The molecule has 0 aliphatic carbocycles. The van der Waals surface area contributed by atoms with E-state index in [9.17, 15) is 13.2 Å². The molecule has 9 heteroatoms. The molecule has 0 atom stereocenters. The highest BCUT2D eigenvalue weighted by molar-refractivity contribution is 7.89. The number of piperazine rings is 1. The Balaban J connectivity index is 1.23. The summed E-state index contributed by atoms with van der Waals surface area (Å²) in [5, 5.41) is 1.00. The Kier molecular flexibility index (Phi) is 6.59. The molecule has 2 aromatic carbocycles. The molecular formula is C26H32N4O3S2.